The number of thiophene rings is 1. The third-order valence-electron chi connectivity index (χ3n) is 3.96. The van der Waals surface area contributed by atoms with Gasteiger partial charge in [0.2, 0.25) is 0 Å². The summed E-state index contributed by atoms with van der Waals surface area (Å²) in [5.74, 6) is 0.251. The van der Waals surface area contributed by atoms with Gasteiger partial charge in [0.05, 0.1) is 29.0 Å². The Morgan fingerprint density at radius 3 is 2.88 bits per heavy atom. The van der Waals surface area contributed by atoms with Gasteiger partial charge in [0.1, 0.15) is 16.7 Å². The van der Waals surface area contributed by atoms with E-state index >= 15 is 0 Å². The number of halogens is 3. The van der Waals surface area contributed by atoms with Crippen LogP contribution in [0, 0.1) is 5.82 Å². The first-order chi connectivity index (χ1) is 11.5. The second-order valence-corrected chi connectivity index (χ2v) is 7.57. The third-order valence-corrected chi connectivity index (χ3v) is 5.68. The van der Waals surface area contributed by atoms with Crippen LogP contribution in [0.25, 0.3) is 0 Å². The van der Waals surface area contributed by atoms with E-state index in [-0.39, 0.29) is 24.8 Å². The van der Waals surface area contributed by atoms with Crippen molar-refractivity contribution < 1.29 is 9.50 Å². The summed E-state index contributed by atoms with van der Waals surface area (Å²) in [6.07, 6.45) is 0. The zero-order chi connectivity index (χ0) is 16.9. The molecule has 4 rings (SSSR count). The number of nitrogens with zero attached hydrogens (tertiary/aromatic N) is 3. The monoisotopic (exact) mass is 383 g/mol. The lowest BCUT2D eigenvalue weighted by atomic mass is 10.0. The van der Waals surface area contributed by atoms with Gasteiger partial charge in [-0.15, -0.1) is 22.9 Å². The van der Waals surface area contributed by atoms with E-state index in [0.717, 1.165) is 10.6 Å². The second kappa shape index (κ2) is 5.81. The van der Waals surface area contributed by atoms with Crippen LogP contribution in [0.1, 0.15) is 11.1 Å². The van der Waals surface area contributed by atoms with Gasteiger partial charge in [-0.3, -0.25) is 4.99 Å². The van der Waals surface area contributed by atoms with Crippen LogP contribution >= 0.6 is 34.5 Å². The molecule has 0 amide bonds. The van der Waals surface area contributed by atoms with Gasteiger partial charge in [0.25, 0.3) is 0 Å². The molecule has 4 nitrogen and oxygen atoms in total. The molecule has 1 N–H and O–H groups in total. The number of amidine groups is 1. The van der Waals surface area contributed by atoms with Gasteiger partial charge in [0, 0.05) is 11.1 Å². The minimum Gasteiger partial charge on any atom is -0.367 e. The number of benzene rings is 1. The van der Waals surface area contributed by atoms with E-state index in [4.69, 9.17) is 23.2 Å². The van der Waals surface area contributed by atoms with Crippen LogP contribution < -0.4 is 4.90 Å². The van der Waals surface area contributed by atoms with Crippen LogP contribution in [0.2, 0.25) is 4.34 Å². The Bertz CT molecular complexity index is 882. The molecule has 0 aliphatic carbocycles. The Kier molecular flexibility index (Phi) is 3.88. The normalized spacial score (nSPS) is 22.6. The maximum atomic E-state index is 14.3. The van der Waals surface area contributed by atoms with Gasteiger partial charge in [-0.05, 0) is 18.2 Å². The fraction of sp³-hybridized carbons (Fsp3) is 0.250. The number of anilines is 1. The highest BCUT2D eigenvalue weighted by Gasteiger charge is 2.40. The number of hydrogen-bond donors (Lipinski definition) is 1. The molecule has 1 aromatic heterocycles. The van der Waals surface area contributed by atoms with E-state index in [1.165, 1.54) is 17.4 Å². The van der Waals surface area contributed by atoms with E-state index < -0.39 is 5.72 Å². The van der Waals surface area contributed by atoms with Crippen molar-refractivity contribution in [3.63, 3.8) is 0 Å². The van der Waals surface area contributed by atoms with E-state index in [1.807, 2.05) is 4.90 Å². The summed E-state index contributed by atoms with van der Waals surface area (Å²) in [5, 5.41) is 11.2. The standard InChI is InChI=1S/C16H12Cl2FN3OS/c17-7-16(23)8-22-13(21-16)6-20-14(9-3-1-2-4-11(9)19)10-5-12(18)24-15(10)22/h1-5,23H,6-8H2. The Morgan fingerprint density at radius 2 is 2.12 bits per heavy atom. The van der Waals surface area contributed by atoms with E-state index in [9.17, 15) is 9.50 Å². The van der Waals surface area contributed by atoms with Gasteiger partial charge in [0.15, 0.2) is 5.72 Å². The smallest absolute Gasteiger partial charge is 0.189 e. The molecule has 1 aromatic carbocycles. The molecular formula is C16H12Cl2FN3OS. The molecule has 0 fully saturated rings. The summed E-state index contributed by atoms with van der Waals surface area (Å²) in [7, 11) is 0. The summed E-state index contributed by atoms with van der Waals surface area (Å²) in [5.41, 5.74) is 0.356. The van der Waals surface area contributed by atoms with Gasteiger partial charge in [-0.1, -0.05) is 23.7 Å². The Balaban J connectivity index is 1.89. The van der Waals surface area contributed by atoms with Crippen LogP contribution in [0.5, 0.6) is 0 Å². The number of hydrogen-bond acceptors (Lipinski definition) is 5. The highest BCUT2D eigenvalue weighted by molar-refractivity contribution is 7.20. The molecule has 124 valence electrons. The molecule has 24 heavy (non-hydrogen) atoms. The van der Waals surface area contributed by atoms with E-state index in [1.54, 1.807) is 24.3 Å². The minimum absolute atomic E-state index is 0.00861. The van der Waals surface area contributed by atoms with Crippen molar-refractivity contribution >= 4 is 51.1 Å². The Morgan fingerprint density at radius 1 is 1.33 bits per heavy atom. The summed E-state index contributed by atoms with van der Waals surface area (Å²) in [6, 6.07) is 8.27. The van der Waals surface area contributed by atoms with Crippen LogP contribution in [-0.2, 0) is 0 Å². The molecule has 0 radical (unpaired) electrons. The summed E-state index contributed by atoms with van der Waals surface area (Å²) in [6.45, 7) is 0.470. The Hall–Kier alpha value is -1.47. The topological polar surface area (TPSA) is 48.2 Å². The maximum absolute atomic E-state index is 14.3. The summed E-state index contributed by atoms with van der Waals surface area (Å²) < 4.78 is 14.8. The van der Waals surface area contributed by atoms with Crippen molar-refractivity contribution in [2.75, 3.05) is 23.9 Å². The van der Waals surface area contributed by atoms with Crippen molar-refractivity contribution in [3.05, 3.63) is 51.6 Å². The Labute approximate surface area is 151 Å². The van der Waals surface area contributed by atoms with Crippen LogP contribution in [0.4, 0.5) is 9.39 Å². The fourth-order valence-electron chi connectivity index (χ4n) is 2.90. The van der Waals surface area contributed by atoms with Gasteiger partial charge in [-0.2, -0.15) is 0 Å². The summed E-state index contributed by atoms with van der Waals surface area (Å²) in [4.78, 5) is 10.7. The maximum Gasteiger partial charge on any atom is 0.189 e. The van der Waals surface area contributed by atoms with Crippen LogP contribution in [0.15, 0.2) is 40.3 Å². The number of fused-ring (bicyclic) bond motifs is 3. The molecule has 2 aliphatic rings. The van der Waals surface area contributed by atoms with Crippen molar-refractivity contribution in [1.29, 1.82) is 0 Å². The van der Waals surface area contributed by atoms with E-state index in [0.29, 0.717) is 21.4 Å². The molecule has 8 heteroatoms. The molecule has 0 spiro atoms. The third kappa shape index (κ3) is 2.54. The lowest BCUT2D eigenvalue weighted by Crippen LogP contribution is -2.37. The zero-order valence-corrected chi connectivity index (χ0v) is 14.7. The molecule has 1 atom stereocenters. The first kappa shape index (κ1) is 16.0. The first-order valence-corrected chi connectivity index (χ1v) is 8.97. The molecule has 2 aromatic rings. The predicted molar refractivity (Wildman–Crippen MR) is 96.7 cm³/mol. The largest absolute Gasteiger partial charge is 0.367 e. The van der Waals surface area contributed by atoms with Gasteiger partial charge >= 0.3 is 0 Å². The van der Waals surface area contributed by atoms with E-state index in [2.05, 4.69) is 9.98 Å². The highest BCUT2D eigenvalue weighted by atomic mass is 35.5. The number of aliphatic imine (C=N–C) groups is 2. The quantitative estimate of drug-likeness (QED) is 0.806. The lowest BCUT2D eigenvalue weighted by Gasteiger charge is -2.21. The van der Waals surface area contributed by atoms with Crippen molar-refractivity contribution in [2.24, 2.45) is 9.98 Å². The molecule has 1 unspecified atom stereocenters. The first-order valence-electron chi connectivity index (χ1n) is 7.24. The predicted octanol–water partition coefficient (Wildman–Crippen LogP) is 3.54. The molecule has 3 heterocycles. The average molecular weight is 384 g/mol. The van der Waals surface area contributed by atoms with Gasteiger partial charge < -0.3 is 10.0 Å². The van der Waals surface area contributed by atoms with Crippen molar-refractivity contribution in [1.82, 2.24) is 0 Å². The lowest BCUT2D eigenvalue weighted by molar-refractivity contribution is 0.0916. The van der Waals surface area contributed by atoms with Crippen molar-refractivity contribution in [2.45, 2.75) is 5.72 Å². The summed E-state index contributed by atoms with van der Waals surface area (Å²) >= 11 is 13.4. The molecule has 0 saturated carbocycles. The molecule has 0 bridgehead atoms. The molecular weight excluding hydrogens is 372 g/mol. The highest BCUT2D eigenvalue weighted by Crippen LogP contribution is 2.40. The fourth-order valence-corrected chi connectivity index (χ4v) is 4.28. The SMILES string of the molecule is OC1(CCl)CN2C(=N1)CN=C(c1ccccc1F)c1cc(Cl)sc12. The number of alkyl halides is 1. The average Bonchev–Trinajstić information content (AvgIpc) is 3.07. The van der Waals surface area contributed by atoms with Crippen LogP contribution in [0.3, 0.4) is 0 Å². The number of rotatable bonds is 2. The minimum atomic E-state index is -1.34. The second-order valence-electron chi connectivity index (χ2n) is 5.64. The zero-order valence-electron chi connectivity index (χ0n) is 12.3. The van der Waals surface area contributed by atoms with Crippen molar-refractivity contribution in [3.8, 4) is 0 Å². The number of aliphatic hydroxyl groups is 1. The van der Waals surface area contributed by atoms with Crippen LogP contribution in [-0.4, -0.2) is 41.3 Å². The molecule has 0 saturated heterocycles. The van der Waals surface area contributed by atoms with Gasteiger partial charge in [-0.25, -0.2) is 9.38 Å². The molecule has 2 aliphatic heterocycles.